The molecule has 1 saturated heterocycles. The molecule has 2 N–H and O–H groups in total. The van der Waals surface area contributed by atoms with Crippen molar-refractivity contribution in [2.75, 3.05) is 13.2 Å². The number of hydrogen-bond donors (Lipinski definition) is 1. The zero-order valence-corrected chi connectivity index (χ0v) is 18.0. The molecule has 10 nitrogen and oxygen atoms in total. The van der Waals surface area contributed by atoms with E-state index in [0.29, 0.717) is 12.2 Å². The van der Waals surface area contributed by atoms with Gasteiger partial charge >= 0.3 is 11.7 Å². The van der Waals surface area contributed by atoms with E-state index >= 15 is 0 Å². The van der Waals surface area contributed by atoms with E-state index < -0.39 is 17.6 Å². The van der Waals surface area contributed by atoms with Crippen molar-refractivity contribution in [3.63, 3.8) is 0 Å². The Bertz CT molecular complexity index is 1220. The lowest BCUT2D eigenvalue weighted by atomic mass is 10.1. The Morgan fingerprint density at radius 3 is 2.59 bits per heavy atom. The van der Waals surface area contributed by atoms with E-state index in [1.165, 1.54) is 4.57 Å². The second kappa shape index (κ2) is 8.91. The van der Waals surface area contributed by atoms with Crippen LogP contribution in [-0.2, 0) is 27.4 Å². The fourth-order valence-electron chi connectivity index (χ4n) is 3.85. The molecule has 32 heavy (non-hydrogen) atoms. The highest BCUT2D eigenvalue weighted by atomic mass is 16.5. The van der Waals surface area contributed by atoms with Crippen LogP contribution in [0.5, 0.6) is 0 Å². The minimum absolute atomic E-state index is 0.115. The number of carbonyl (C=O) groups excluding carboxylic acids is 2. The second-order valence-electron chi connectivity index (χ2n) is 7.72. The minimum Gasteiger partial charge on any atom is -0.465 e. The highest BCUT2D eigenvalue weighted by Gasteiger charge is 2.27. The molecule has 1 aliphatic heterocycles. The van der Waals surface area contributed by atoms with Crippen LogP contribution < -0.4 is 11.4 Å². The molecular weight excluding hydrogens is 414 g/mol. The van der Waals surface area contributed by atoms with Crippen molar-refractivity contribution >= 4 is 23.0 Å². The predicted molar refractivity (Wildman–Crippen MR) is 116 cm³/mol. The van der Waals surface area contributed by atoms with E-state index in [-0.39, 0.29) is 48.5 Å². The molecule has 3 aromatic rings. The summed E-state index contributed by atoms with van der Waals surface area (Å²) < 4.78 is 13.3. The van der Waals surface area contributed by atoms with Gasteiger partial charge in [0.05, 0.1) is 19.3 Å². The van der Waals surface area contributed by atoms with Crippen molar-refractivity contribution in [1.29, 1.82) is 0 Å². The van der Waals surface area contributed by atoms with E-state index in [9.17, 15) is 14.4 Å². The number of aromatic nitrogens is 4. The standard InChI is InChI=1S/C22H25N5O5/c1-3-31-16(28)12-26-18-17(19(23)29)24-20(14-8-6-13(2)7-9-14)25-21(18)27(22(26)30)11-15-5-4-10-32-15/h6-9,15H,3-5,10-12H2,1-2H3,(H2,23,29)/t15-/m0/s1. The van der Waals surface area contributed by atoms with E-state index in [2.05, 4.69) is 9.97 Å². The Morgan fingerprint density at radius 2 is 1.97 bits per heavy atom. The number of esters is 1. The average Bonchev–Trinajstić information content (AvgIpc) is 3.36. The first kappa shape index (κ1) is 21.7. The van der Waals surface area contributed by atoms with Gasteiger partial charge in [-0.1, -0.05) is 29.8 Å². The van der Waals surface area contributed by atoms with Gasteiger partial charge in [0.25, 0.3) is 5.91 Å². The van der Waals surface area contributed by atoms with Gasteiger partial charge in [-0.15, -0.1) is 0 Å². The first-order valence-corrected chi connectivity index (χ1v) is 10.5. The number of hydrogen-bond acceptors (Lipinski definition) is 7. The van der Waals surface area contributed by atoms with Crippen molar-refractivity contribution in [3.05, 3.63) is 46.0 Å². The molecule has 1 aliphatic rings. The number of imidazole rings is 1. The molecule has 0 spiro atoms. The number of ether oxygens (including phenoxy) is 2. The first-order valence-electron chi connectivity index (χ1n) is 10.5. The quantitative estimate of drug-likeness (QED) is 0.551. The van der Waals surface area contributed by atoms with Gasteiger partial charge in [-0.05, 0) is 26.7 Å². The van der Waals surface area contributed by atoms with E-state index in [1.54, 1.807) is 6.92 Å². The van der Waals surface area contributed by atoms with Crippen LogP contribution in [0.3, 0.4) is 0 Å². The molecule has 10 heteroatoms. The lowest BCUT2D eigenvalue weighted by molar-refractivity contribution is -0.143. The summed E-state index contributed by atoms with van der Waals surface area (Å²) in [6.45, 7) is 4.28. The first-order chi connectivity index (χ1) is 15.4. The largest absolute Gasteiger partial charge is 0.465 e. The maximum absolute atomic E-state index is 13.3. The fraction of sp³-hybridized carbons (Fsp3) is 0.409. The minimum atomic E-state index is -0.822. The number of nitrogens with two attached hydrogens (primary N) is 1. The van der Waals surface area contributed by atoms with Crippen LogP contribution in [0.1, 0.15) is 35.8 Å². The summed E-state index contributed by atoms with van der Waals surface area (Å²) in [7, 11) is 0. The molecule has 0 saturated carbocycles. The molecule has 3 heterocycles. The molecule has 1 atom stereocenters. The summed E-state index contributed by atoms with van der Waals surface area (Å²) in [6.07, 6.45) is 1.54. The Kier molecular flexibility index (Phi) is 6.04. The van der Waals surface area contributed by atoms with Crippen LogP contribution in [0.4, 0.5) is 0 Å². The number of amides is 1. The van der Waals surface area contributed by atoms with Crippen LogP contribution in [-0.4, -0.2) is 50.3 Å². The van der Waals surface area contributed by atoms with Gasteiger partial charge in [-0.2, -0.15) is 0 Å². The van der Waals surface area contributed by atoms with Crippen molar-refractivity contribution < 1.29 is 19.1 Å². The van der Waals surface area contributed by atoms with Crippen molar-refractivity contribution in [2.45, 2.75) is 45.9 Å². The summed E-state index contributed by atoms with van der Waals surface area (Å²) in [6, 6.07) is 7.47. The average molecular weight is 439 g/mol. The Labute approximate surface area is 184 Å². The molecule has 168 valence electrons. The lowest BCUT2D eigenvalue weighted by Gasteiger charge is -2.10. The van der Waals surface area contributed by atoms with Crippen molar-refractivity contribution in [1.82, 2.24) is 19.1 Å². The molecule has 4 rings (SSSR count). The number of aryl methyl sites for hydroxylation is 1. The number of primary amides is 1. The molecule has 2 aromatic heterocycles. The van der Waals surface area contributed by atoms with Crippen molar-refractivity contribution in [3.8, 4) is 11.4 Å². The van der Waals surface area contributed by atoms with Gasteiger partial charge in [0, 0.05) is 12.2 Å². The molecule has 1 amide bonds. The van der Waals surface area contributed by atoms with Crippen LogP contribution in [0.2, 0.25) is 0 Å². The molecule has 0 aliphatic carbocycles. The van der Waals surface area contributed by atoms with Crippen LogP contribution in [0, 0.1) is 6.92 Å². The van der Waals surface area contributed by atoms with Crippen LogP contribution >= 0.6 is 0 Å². The SMILES string of the molecule is CCOC(=O)Cn1c(=O)n(C[C@@H]2CCCO2)c2nc(-c3ccc(C)cc3)nc(C(N)=O)c21. The third kappa shape index (κ3) is 4.13. The topological polar surface area (TPSA) is 131 Å². The van der Waals surface area contributed by atoms with Gasteiger partial charge in [-0.3, -0.25) is 18.7 Å². The molecule has 0 unspecified atom stereocenters. The monoisotopic (exact) mass is 439 g/mol. The lowest BCUT2D eigenvalue weighted by Crippen LogP contribution is -2.31. The fourth-order valence-corrected chi connectivity index (χ4v) is 3.85. The van der Waals surface area contributed by atoms with Crippen LogP contribution in [0.25, 0.3) is 22.6 Å². The summed E-state index contributed by atoms with van der Waals surface area (Å²) in [5, 5.41) is 0. The number of carbonyl (C=O) groups is 2. The Hall–Kier alpha value is -3.53. The number of fused-ring (bicyclic) bond motifs is 1. The third-order valence-electron chi connectivity index (χ3n) is 5.40. The van der Waals surface area contributed by atoms with Gasteiger partial charge in [0.1, 0.15) is 12.1 Å². The van der Waals surface area contributed by atoms with Crippen LogP contribution in [0.15, 0.2) is 29.1 Å². The number of nitrogens with zero attached hydrogens (tertiary/aromatic N) is 4. The summed E-state index contributed by atoms with van der Waals surface area (Å²) in [5.41, 5.74) is 7.09. The van der Waals surface area contributed by atoms with E-state index in [1.807, 2.05) is 31.2 Å². The summed E-state index contributed by atoms with van der Waals surface area (Å²) in [4.78, 5) is 46.8. The van der Waals surface area contributed by atoms with Gasteiger partial charge in [0.2, 0.25) is 0 Å². The summed E-state index contributed by atoms with van der Waals surface area (Å²) in [5.74, 6) is -1.16. The molecule has 0 bridgehead atoms. The highest BCUT2D eigenvalue weighted by Crippen LogP contribution is 2.23. The molecule has 0 radical (unpaired) electrons. The van der Waals surface area contributed by atoms with E-state index in [0.717, 1.165) is 23.0 Å². The molecule has 1 fully saturated rings. The van der Waals surface area contributed by atoms with Crippen molar-refractivity contribution in [2.24, 2.45) is 5.73 Å². The predicted octanol–water partition coefficient (Wildman–Crippen LogP) is 1.41. The Morgan fingerprint density at radius 1 is 1.22 bits per heavy atom. The molecule has 1 aromatic carbocycles. The van der Waals surface area contributed by atoms with E-state index in [4.69, 9.17) is 15.2 Å². The zero-order chi connectivity index (χ0) is 22.8. The summed E-state index contributed by atoms with van der Waals surface area (Å²) >= 11 is 0. The maximum atomic E-state index is 13.3. The van der Waals surface area contributed by atoms with Gasteiger partial charge in [-0.25, -0.2) is 14.8 Å². The number of rotatable bonds is 7. The van der Waals surface area contributed by atoms with Gasteiger partial charge < -0.3 is 15.2 Å². The zero-order valence-electron chi connectivity index (χ0n) is 18.0. The molecular formula is C22H25N5O5. The smallest absolute Gasteiger partial charge is 0.331 e. The van der Waals surface area contributed by atoms with Gasteiger partial charge in [0.15, 0.2) is 17.2 Å². The number of benzene rings is 1. The normalized spacial score (nSPS) is 15.9. The Balaban J connectivity index is 1.95. The highest BCUT2D eigenvalue weighted by molar-refractivity contribution is 6.02. The maximum Gasteiger partial charge on any atom is 0.331 e. The second-order valence-corrected chi connectivity index (χ2v) is 7.72. The third-order valence-corrected chi connectivity index (χ3v) is 5.40.